The second-order valence-corrected chi connectivity index (χ2v) is 4.52. The van der Waals surface area contributed by atoms with Crippen LogP contribution in [0.3, 0.4) is 0 Å². The SMILES string of the molecule is NNC(=O)c1oc2ccccc2c1CN1C(=O)CNC1=O. The lowest BCUT2D eigenvalue weighted by Crippen LogP contribution is -2.33. The minimum atomic E-state index is -0.617. The van der Waals surface area contributed by atoms with Gasteiger partial charge >= 0.3 is 11.9 Å². The van der Waals surface area contributed by atoms with Gasteiger partial charge in [-0.15, -0.1) is 0 Å². The van der Waals surface area contributed by atoms with E-state index in [1.165, 1.54) is 0 Å². The number of rotatable bonds is 3. The molecule has 1 saturated heterocycles. The fourth-order valence-corrected chi connectivity index (χ4v) is 2.28. The van der Waals surface area contributed by atoms with Gasteiger partial charge in [-0.2, -0.15) is 0 Å². The molecule has 8 heteroatoms. The number of nitrogen functional groups attached to an aromatic ring is 1. The van der Waals surface area contributed by atoms with Crippen LogP contribution in [0.4, 0.5) is 4.79 Å². The van der Waals surface area contributed by atoms with Crippen LogP contribution in [0.1, 0.15) is 16.1 Å². The number of para-hydroxylation sites is 1. The third kappa shape index (κ3) is 2.11. The maximum Gasteiger partial charge on any atom is 0.324 e. The van der Waals surface area contributed by atoms with Crippen molar-refractivity contribution in [3.05, 3.63) is 35.6 Å². The second-order valence-electron chi connectivity index (χ2n) is 4.52. The number of nitrogens with two attached hydrogens (primary N) is 1. The Kier molecular flexibility index (Phi) is 3.07. The van der Waals surface area contributed by atoms with Crippen LogP contribution in [0.15, 0.2) is 28.7 Å². The molecule has 0 saturated carbocycles. The summed E-state index contributed by atoms with van der Waals surface area (Å²) < 4.78 is 5.47. The third-order valence-corrected chi connectivity index (χ3v) is 3.29. The molecule has 0 atom stereocenters. The number of carbonyl (C=O) groups is 3. The molecule has 0 unspecified atom stereocenters. The van der Waals surface area contributed by atoms with Crippen LogP contribution < -0.4 is 16.6 Å². The number of fused-ring (bicyclic) bond motifs is 1. The van der Waals surface area contributed by atoms with Crippen LogP contribution in [-0.2, 0) is 11.3 Å². The zero-order chi connectivity index (χ0) is 15.0. The van der Waals surface area contributed by atoms with E-state index in [2.05, 4.69) is 5.32 Å². The summed E-state index contributed by atoms with van der Waals surface area (Å²) in [4.78, 5) is 36.2. The van der Waals surface area contributed by atoms with Crippen molar-refractivity contribution in [2.75, 3.05) is 6.54 Å². The Morgan fingerprint density at radius 3 is 2.81 bits per heavy atom. The van der Waals surface area contributed by atoms with Gasteiger partial charge in [-0.25, -0.2) is 10.6 Å². The van der Waals surface area contributed by atoms with Crippen LogP contribution in [0.25, 0.3) is 11.0 Å². The first-order valence-electron chi connectivity index (χ1n) is 6.21. The summed E-state index contributed by atoms with van der Waals surface area (Å²) in [5.74, 6) is 4.16. The maximum absolute atomic E-state index is 11.8. The van der Waals surface area contributed by atoms with Crippen LogP contribution in [0, 0.1) is 0 Å². The van der Waals surface area contributed by atoms with Crippen LogP contribution in [0.5, 0.6) is 0 Å². The summed E-state index contributed by atoms with van der Waals surface area (Å²) in [6.07, 6.45) is 0. The fourth-order valence-electron chi connectivity index (χ4n) is 2.28. The average molecular weight is 288 g/mol. The number of urea groups is 1. The number of imide groups is 1. The maximum atomic E-state index is 11.8. The van der Waals surface area contributed by atoms with Gasteiger partial charge in [-0.05, 0) is 6.07 Å². The molecule has 1 fully saturated rings. The molecule has 4 N–H and O–H groups in total. The Balaban J connectivity index is 2.09. The largest absolute Gasteiger partial charge is 0.450 e. The van der Waals surface area contributed by atoms with Crippen molar-refractivity contribution in [1.82, 2.24) is 15.6 Å². The molecule has 1 aromatic heterocycles. The molecule has 1 aliphatic rings. The molecule has 0 spiro atoms. The van der Waals surface area contributed by atoms with E-state index in [0.717, 1.165) is 4.90 Å². The fraction of sp³-hybridized carbons (Fsp3) is 0.154. The van der Waals surface area contributed by atoms with E-state index in [1.807, 2.05) is 5.43 Å². The van der Waals surface area contributed by atoms with Crippen molar-refractivity contribution >= 4 is 28.8 Å². The third-order valence-electron chi connectivity index (χ3n) is 3.29. The van der Waals surface area contributed by atoms with Gasteiger partial charge in [0.25, 0.3) is 0 Å². The summed E-state index contributed by atoms with van der Waals surface area (Å²) >= 11 is 0. The van der Waals surface area contributed by atoms with Crippen molar-refractivity contribution in [2.24, 2.45) is 5.84 Å². The lowest BCUT2D eigenvalue weighted by atomic mass is 10.1. The van der Waals surface area contributed by atoms with Gasteiger partial charge in [0.1, 0.15) is 5.58 Å². The van der Waals surface area contributed by atoms with E-state index >= 15 is 0 Å². The lowest BCUT2D eigenvalue weighted by molar-refractivity contribution is -0.125. The first kappa shape index (κ1) is 13.1. The number of benzene rings is 1. The van der Waals surface area contributed by atoms with Gasteiger partial charge in [0, 0.05) is 10.9 Å². The standard InChI is InChI=1S/C13H12N4O4/c14-16-12(19)11-8(6-17-10(18)5-15-13(17)20)7-3-1-2-4-9(7)21-11/h1-4H,5-6,14H2,(H,15,20)(H,16,19). The van der Waals surface area contributed by atoms with Crippen molar-refractivity contribution in [2.45, 2.75) is 6.54 Å². The minimum absolute atomic E-state index is 0.00815. The molecular formula is C13H12N4O4. The number of nitrogens with one attached hydrogen (secondary N) is 2. The summed E-state index contributed by atoms with van der Waals surface area (Å²) in [6.45, 7) is -0.0997. The highest BCUT2D eigenvalue weighted by atomic mass is 16.3. The van der Waals surface area contributed by atoms with E-state index in [0.29, 0.717) is 16.5 Å². The van der Waals surface area contributed by atoms with Gasteiger partial charge in [0.15, 0.2) is 5.76 Å². The van der Waals surface area contributed by atoms with E-state index < -0.39 is 11.9 Å². The number of hydrazine groups is 1. The molecule has 1 aliphatic heterocycles. The molecular weight excluding hydrogens is 276 g/mol. The lowest BCUT2D eigenvalue weighted by Gasteiger charge is -2.12. The highest BCUT2D eigenvalue weighted by Gasteiger charge is 2.31. The molecule has 21 heavy (non-hydrogen) atoms. The Morgan fingerprint density at radius 2 is 2.14 bits per heavy atom. The molecule has 4 amide bonds. The quantitative estimate of drug-likeness (QED) is 0.320. The van der Waals surface area contributed by atoms with E-state index in [1.54, 1.807) is 24.3 Å². The van der Waals surface area contributed by atoms with Gasteiger partial charge in [0.05, 0.1) is 13.1 Å². The summed E-state index contributed by atoms with van der Waals surface area (Å²) in [5.41, 5.74) is 2.92. The Morgan fingerprint density at radius 1 is 1.38 bits per heavy atom. The normalized spacial score (nSPS) is 14.6. The number of hydrogen-bond donors (Lipinski definition) is 3. The molecule has 1 aromatic carbocycles. The molecule has 3 rings (SSSR count). The van der Waals surface area contributed by atoms with Gasteiger partial charge < -0.3 is 9.73 Å². The number of nitrogens with zero attached hydrogens (tertiary/aromatic N) is 1. The van der Waals surface area contributed by atoms with Crippen molar-refractivity contribution in [3.8, 4) is 0 Å². The molecule has 0 aliphatic carbocycles. The predicted octanol–water partition coefficient (Wildman–Crippen LogP) is 0.0881. The Labute approximate surface area is 118 Å². The zero-order valence-electron chi connectivity index (χ0n) is 10.9. The summed E-state index contributed by atoms with van der Waals surface area (Å²) in [7, 11) is 0. The summed E-state index contributed by atoms with van der Waals surface area (Å²) in [6, 6.07) is 6.48. The Hall–Kier alpha value is -2.87. The number of furan rings is 1. The smallest absolute Gasteiger partial charge is 0.324 e. The molecule has 0 bridgehead atoms. The van der Waals surface area contributed by atoms with E-state index in [4.69, 9.17) is 10.3 Å². The monoisotopic (exact) mass is 288 g/mol. The van der Waals surface area contributed by atoms with Crippen molar-refractivity contribution in [3.63, 3.8) is 0 Å². The van der Waals surface area contributed by atoms with Crippen molar-refractivity contribution in [1.29, 1.82) is 0 Å². The van der Waals surface area contributed by atoms with Crippen LogP contribution in [0.2, 0.25) is 0 Å². The first-order valence-corrected chi connectivity index (χ1v) is 6.21. The summed E-state index contributed by atoms with van der Waals surface area (Å²) in [5, 5.41) is 3.08. The first-order chi connectivity index (χ1) is 10.1. The predicted molar refractivity (Wildman–Crippen MR) is 71.8 cm³/mol. The zero-order valence-corrected chi connectivity index (χ0v) is 10.9. The number of hydrogen-bond acceptors (Lipinski definition) is 5. The molecule has 0 radical (unpaired) electrons. The van der Waals surface area contributed by atoms with Crippen LogP contribution >= 0.6 is 0 Å². The average Bonchev–Trinajstić information content (AvgIpc) is 3.02. The van der Waals surface area contributed by atoms with E-state index in [-0.39, 0.29) is 24.8 Å². The van der Waals surface area contributed by atoms with Gasteiger partial charge in [0.2, 0.25) is 5.91 Å². The Bertz CT molecular complexity index is 736. The van der Waals surface area contributed by atoms with E-state index in [9.17, 15) is 14.4 Å². The van der Waals surface area contributed by atoms with Gasteiger partial charge in [-0.3, -0.25) is 19.9 Å². The molecule has 8 nitrogen and oxygen atoms in total. The minimum Gasteiger partial charge on any atom is -0.450 e. The topological polar surface area (TPSA) is 118 Å². The second kappa shape index (κ2) is 4.91. The molecule has 2 heterocycles. The number of carbonyl (C=O) groups excluding carboxylic acids is 3. The van der Waals surface area contributed by atoms with Crippen LogP contribution in [-0.4, -0.2) is 29.3 Å². The number of amides is 4. The van der Waals surface area contributed by atoms with Gasteiger partial charge in [-0.1, -0.05) is 18.2 Å². The highest BCUT2D eigenvalue weighted by Crippen LogP contribution is 2.27. The molecule has 108 valence electrons. The highest BCUT2D eigenvalue weighted by molar-refractivity contribution is 6.03. The molecule has 2 aromatic rings. The van der Waals surface area contributed by atoms with Crippen molar-refractivity contribution < 1.29 is 18.8 Å².